The van der Waals surface area contributed by atoms with E-state index in [1.54, 1.807) is 6.92 Å². The summed E-state index contributed by atoms with van der Waals surface area (Å²) in [6.45, 7) is 8.39. The maximum Gasteiger partial charge on any atom is 0.287 e. The van der Waals surface area contributed by atoms with Crippen LogP contribution in [0.25, 0.3) is 0 Å². The van der Waals surface area contributed by atoms with E-state index in [0.29, 0.717) is 13.0 Å². The molecule has 1 aromatic rings. The van der Waals surface area contributed by atoms with Gasteiger partial charge in [-0.15, -0.1) is 0 Å². The average Bonchev–Trinajstić information content (AvgIpc) is 2.78. The predicted molar refractivity (Wildman–Crippen MR) is 79.2 cm³/mol. The van der Waals surface area contributed by atoms with E-state index in [1.807, 2.05) is 20.8 Å². The summed E-state index contributed by atoms with van der Waals surface area (Å²) in [5.74, 6) is -0.419. The molecule has 0 aliphatic carbocycles. The lowest BCUT2D eigenvalue weighted by Crippen LogP contribution is -2.35. The van der Waals surface area contributed by atoms with Gasteiger partial charge in [-0.05, 0) is 18.8 Å². The Bertz CT molecular complexity index is 517. The monoisotopic (exact) mass is 297 g/mol. The van der Waals surface area contributed by atoms with Crippen molar-refractivity contribution in [3.8, 4) is 0 Å². The highest BCUT2D eigenvalue weighted by atomic mass is 16.6. The van der Waals surface area contributed by atoms with Gasteiger partial charge in [0.2, 0.25) is 0 Å². The molecule has 0 saturated carbocycles. The number of amides is 1. The highest BCUT2D eigenvalue weighted by molar-refractivity contribution is 5.93. The Kier molecular flexibility index (Phi) is 5.48. The molecule has 1 amide bonds. The molecule has 21 heavy (non-hydrogen) atoms. The van der Waals surface area contributed by atoms with Crippen LogP contribution in [0.2, 0.25) is 0 Å². The van der Waals surface area contributed by atoms with Crippen LogP contribution in [0.5, 0.6) is 0 Å². The van der Waals surface area contributed by atoms with E-state index in [4.69, 9.17) is 0 Å². The van der Waals surface area contributed by atoms with Gasteiger partial charge in [0.1, 0.15) is 5.69 Å². The van der Waals surface area contributed by atoms with Crippen LogP contribution in [0.1, 0.15) is 44.6 Å². The lowest BCUT2D eigenvalue weighted by atomic mass is 9.89. The summed E-state index contributed by atoms with van der Waals surface area (Å²) in [4.78, 5) is 22.3. The van der Waals surface area contributed by atoms with Crippen molar-refractivity contribution >= 4 is 11.6 Å². The second-order valence-electron chi connectivity index (χ2n) is 6.26. The smallest absolute Gasteiger partial charge is 0.287 e. The standard InChI is InChI=1S/C14H23N3O4/c1-5-16-9-10(17(20)21)6-12(16)13(19)15-8-11(18)7-14(2,3)4/h6,9,11,18H,5,7-8H2,1-4H3,(H,15,19). The molecular formula is C14H23N3O4. The van der Waals surface area contributed by atoms with Crippen molar-refractivity contribution in [2.24, 2.45) is 5.41 Å². The highest BCUT2D eigenvalue weighted by Crippen LogP contribution is 2.20. The molecule has 2 N–H and O–H groups in total. The Hall–Kier alpha value is -1.89. The van der Waals surface area contributed by atoms with Gasteiger partial charge >= 0.3 is 0 Å². The Morgan fingerprint density at radius 2 is 2.14 bits per heavy atom. The summed E-state index contributed by atoms with van der Waals surface area (Å²) in [7, 11) is 0. The first-order valence-electron chi connectivity index (χ1n) is 6.95. The number of aromatic nitrogens is 1. The summed E-state index contributed by atoms with van der Waals surface area (Å²) in [5, 5.41) is 23.2. The number of nitrogens with zero attached hydrogens (tertiary/aromatic N) is 2. The number of hydrogen-bond donors (Lipinski definition) is 2. The van der Waals surface area contributed by atoms with Crippen molar-refractivity contribution in [2.45, 2.75) is 46.8 Å². The molecule has 1 atom stereocenters. The van der Waals surface area contributed by atoms with E-state index in [-0.39, 0.29) is 23.3 Å². The Morgan fingerprint density at radius 1 is 1.52 bits per heavy atom. The van der Waals surface area contributed by atoms with E-state index in [1.165, 1.54) is 16.8 Å². The van der Waals surface area contributed by atoms with Crippen molar-refractivity contribution in [3.63, 3.8) is 0 Å². The van der Waals surface area contributed by atoms with Gasteiger partial charge in [0.05, 0.1) is 17.2 Å². The van der Waals surface area contributed by atoms with Crippen LogP contribution in [0.3, 0.4) is 0 Å². The van der Waals surface area contributed by atoms with E-state index in [9.17, 15) is 20.0 Å². The molecule has 1 rings (SSSR count). The fourth-order valence-corrected chi connectivity index (χ4v) is 2.13. The van der Waals surface area contributed by atoms with Crippen LogP contribution in [0.15, 0.2) is 12.3 Å². The maximum absolute atomic E-state index is 12.1. The fraction of sp³-hybridized carbons (Fsp3) is 0.643. The van der Waals surface area contributed by atoms with Gasteiger partial charge in [-0.25, -0.2) is 0 Å². The summed E-state index contributed by atoms with van der Waals surface area (Å²) < 4.78 is 1.52. The number of rotatable bonds is 6. The maximum atomic E-state index is 12.1. The first-order chi connectivity index (χ1) is 9.64. The molecule has 0 aliphatic heterocycles. The van der Waals surface area contributed by atoms with Crippen molar-refractivity contribution in [2.75, 3.05) is 6.54 Å². The number of carbonyl (C=O) groups excluding carboxylic acids is 1. The quantitative estimate of drug-likeness (QED) is 0.619. The molecule has 1 aromatic heterocycles. The molecule has 0 spiro atoms. The lowest BCUT2D eigenvalue weighted by Gasteiger charge is -2.22. The second-order valence-corrected chi connectivity index (χ2v) is 6.26. The molecule has 0 saturated heterocycles. The Balaban J connectivity index is 2.69. The third-order valence-electron chi connectivity index (χ3n) is 3.01. The Labute approximate surface area is 124 Å². The van der Waals surface area contributed by atoms with Gasteiger partial charge in [-0.3, -0.25) is 14.9 Å². The van der Waals surface area contributed by atoms with Gasteiger partial charge in [-0.1, -0.05) is 20.8 Å². The molecule has 0 aliphatic rings. The number of aryl methyl sites for hydroxylation is 1. The van der Waals surface area contributed by atoms with Crippen LogP contribution in [0.4, 0.5) is 5.69 Å². The summed E-state index contributed by atoms with van der Waals surface area (Å²) >= 11 is 0. The minimum atomic E-state index is -0.644. The van der Waals surface area contributed by atoms with Crippen LogP contribution in [-0.4, -0.2) is 33.2 Å². The fourth-order valence-electron chi connectivity index (χ4n) is 2.13. The van der Waals surface area contributed by atoms with Gasteiger partial charge in [0.15, 0.2) is 0 Å². The zero-order valence-electron chi connectivity index (χ0n) is 12.9. The van der Waals surface area contributed by atoms with Crippen molar-refractivity contribution in [1.82, 2.24) is 9.88 Å². The normalized spacial score (nSPS) is 13.0. The summed E-state index contributed by atoms with van der Waals surface area (Å²) in [6.07, 6.45) is 1.25. The van der Waals surface area contributed by atoms with Crippen LogP contribution < -0.4 is 5.32 Å². The van der Waals surface area contributed by atoms with Gasteiger partial charge in [0, 0.05) is 19.2 Å². The minimum absolute atomic E-state index is 0.0352. The highest BCUT2D eigenvalue weighted by Gasteiger charge is 2.21. The number of hydrogen-bond acceptors (Lipinski definition) is 4. The molecule has 0 radical (unpaired) electrons. The number of carbonyl (C=O) groups is 1. The zero-order valence-corrected chi connectivity index (χ0v) is 12.9. The minimum Gasteiger partial charge on any atom is -0.391 e. The van der Waals surface area contributed by atoms with Gasteiger partial charge < -0.3 is 15.0 Å². The zero-order chi connectivity index (χ0) is 16.2. The molecule has 1 heterocycles. The van der Waals surface area contributed by atoms with E-state index >= 15 is 0 Å². The molecule has 7 heteroatoms. The first kappa shape index (κ1) is 17.2. The van der Waals surface area contributed by atoms with Gasteiger partial charge in [0.25, 0.3) is 11.6 Å². The molecular weight excluding hydrogens is 274 g/mol. The molecule has 0 bridgehead atoms. The molecule has 0 fully saturated rings. The van der Waals surface area contributed by atoms with Gasteiger partial charge in [-0.2, -0.15) is 0 Å². The topological polar surface area (TPSA) is 97.4 Å². The third kappa shape index (κ3) is 5.18. The number of aliphatic hydroxyl groups is 1. The SMILES string of the molecule is CCn1cc([N+](=O)[O-])cc1C(=O)NCC(O)CC(C)(C)C. The number of nitrogens with one attached hydrogen (secondary N) is 1. The van der Waals surface area contributed by atoms with E-state index in [2.05, 4.69) is 5.32 Å². The lowest BCUT2D eigenvalue weighted by molar-refractivity contribution is -0.384. The van der Waals surface area contributed by atoms with Crippen molar-refractivity contribution in [3.05, 3.63) is 28.1 Å². The number of aliphatic hydroxyl groups excluding tert-OH is 1. The second kappa shape index (κ2) is 6.71. The van der Waals surface area contributed by atoms with Crippen molar-refractivity contribution < 1.29 is 14.8 Å². The van der Waals surface area contributed by atoms with Crippen LogP contribution in [-0.2, 0) is 6.54 Å². The average molecular weight is 297 g/mol. The molecule has 118 valence electrons. The largest absolute Gasteiger partial charge is 0.391 e. The first-order valence-corrected chi connectivity index (χ1v) is 6.95. The molecule has 7 nitrogen and oxygen atoms in total. The molecule has 0 aromatic carbocycles. The third-order valence-corrected chi connectivity index (χ3v) is 3.01. The molecule has 1 unspecified atom stereocenters. The van der Waals surface area contributed by atoms with Crippen molar-refractivity contribution in [1.29, 1.82) is 0 Å². The van der Waals surface area contributed by atoms with Crippen LogP contribution >= 0.6 is 0 Å². The predicted octanol–water partition coefficient (Wildman–Crippen LogP) is 1.94. The Morgan fingerprint density at radius 3 is 2.62 bits per heavy atom. The van der Waals surface area contributed by atoms with E-state index < -0.39 is 16.9 Å². The van der Waals surface area contributed by atoms with Crippen LogP contribution in [0, 0.1) is 15.5 Å². The number of nitro groups is 1. The van der Waals surface area contributed by atoms with E-state index in [0.717, 1.165) is 0 Å². The summed E-state index contributed by atoms with van der Waals surface area (Å²) in [6, 6.07) is 1.25. The summed E-state index contributed by atoms with van der Waals surface area (Å²) in [5.41, 5.74) is 0.0800.